The highest BCUT2D eigenvalue weighted by atomic mass is 19.1. The van der Waals surface area contributed by atoms with Crippen LogP contribution in [0.2, 0.25) is 0 Å². The van der Waals surface area contributed by atoms with E-state index < -0.39 is 0 Å². The van der Waals surface area contributed by atoms with Gasteiger partial charge in [-0.3, -0.25) is 9.69 Å². The first-order chi connectivity index (χ1) is 10.0. The summed E-state index contributed by atoms with van der Waals surface area (Å²) in [5, 5.41) is 2.88. The Morgan fingerprint density at radius 1 is 1.48 bits per heavy atom. The number of halogens is 1. The number of likely N-dealkylation sites (N-methyl/N-ethyl adjacent to an activating group) is 1. The van der Waals surface area contributed by atoms with Crippen molar-refractivity contribution in [1.29, 1.82) is 0 Å². The van der Waals surface area contributed by atoms with Gasteiger partial charge in [0.15, 0.2) is 0 Å². The number of carbonyl (C=O) groups excluding carboxylic acids is 1. The van der Waals surface area contributed by atoms with Crippen LogP contribution >= 0.6 is 0 Å². The molecule has 1 amide bonds. The topological polar surface area (TPSA) is 41.6 Å². The highest BCUT2D eigenvalue weighted by molar-refractivity contribution is 5.81. The molecule has 21 heavy (non-hydrogen) atoms. The minimum atomic E-state index is -0.264. The van der Waals surface area contributed by atoms with Gasteiger partial charge in [0.1, 0.15) is 5.82 Å². The third-order valence-electron chi connectivity index (χ3n) is 3.33. The molecule has 0 aliphatic rings. The van der Waals surface area contributed by atoms with E-state index in [1.54, 1.807) is 6.07 Å². The van der Waals surface area contributed by atoms with Crippen LogP contribution in [0.4, 0.5) is 4.39 Å². The second-order valence-electron chi connectivity index (χ2n) is 5.06. The summed E-state index contributed by atoms with van der Waals surface area (Å²) in [7, 11) is 1.86. The molecule has 0 aliphatic heterocycles. The quantitative estimate of drug-likeness (QED) is 0.710. The molecule has 1 unspecified atom stereocenters. The fraction of sp³-hybridized carbons (Fsp3) is 0.562. The van der Waals surface area contributed by atoms with Gasteiger partial charge < -0.3 is 10.1 Å². The van der Waals surface area contributed by atoms with E-state index in [9.17, 15) is 9.18 Å². The SMILES string of the molecule is CCOCCCNC(=O)C(C)N(C)Cc1cccc(F)c1. The molecule has 5 heteroatoms. The van der Waals surface area contributed by atoms with Crippen molar-refractivity contribution in [3.05, 3.63) is 35.6 Å². The van der Waals surface area contributed by atoms with Gasteiger partial charge in [0.25, 0.3) is 0 Å². The third-order valence-corrected chi connectivity index (χ3v) is 3.33. The molecule has 0 aliphatic carbocycles. The zero-order chi connectivity index (χ0) is 15.7. The summed E-state index contributed by atoms with van der Waals surface area (Å²) in [5.74, 6) is -0.278. The van der Waals surface area contributed by atoms with Crippen LogP contribution in [0.5, 0.6) is 0 Å². The summed E-state index contributed by atoms with van der Waals surface area (Å²) in [6.45, 7) is 6.28. The van der Waals surface area contributed by atoms with Crippen molar-refractivity contribution in [2.45, 2.75) is 32.9 Å². The van der Waals surface area contributed by atoms with Crippen LogP contribution in [-0.4, -0.2) is 43.7 Å². The van der Waals surface area contributed by atoms with Crippen molar-refractivity contribution in [3.8, 4) is 0 Å². The molecule has 0 bridgehead atoms. The third kappa shape index (κ3) is 6.69. The van der Waals surface area contributed by atoms with Crippen LogP contribution in [0.25, 0.3) is 0 Å². The van der Waals surface area contributed by atoms with Gasteiger partial charge >= 0.3 is 0 Å². The lowest BCUT2D eigenvalue weighted by atomic mass is 10.2. The zero-order valence-corrected chi connectivity index (χ0v) is 13.1. The highest BCUT2D eigenvalue weighted by Crippen LogP contribution is 2.08. The van der Waals surface area contributed by atoms with Gasteiger partial charge in [-0.05, 0) is 45.0 Å². The molecule has 0 spiro atoms. The lowest BCUT2D eigenvalue weighted by molar-refractivity contribution is -0.125. The van der Waals surface area contributed by atoms with Gasteiger partial charge in [-0.25, -0.2) is 4.39 Å². The van der Waals surface area contributed by atoms with E-state index in [1.165, 1.54) is 12.1 Å². The van der Waals surface area contributed by atoms with Crippen molar-refractivity contribution >= 4 is 5.91 Å². The van der Waals surface area contributed by atoms with Crippen LogP contribution in [0.1, 0.15) is 25.8 Å². The van der Waals surface area contributed by atoms with Gasteiger partial charge in [0.05, 0.1) is 6.04 Å². The number of benzene rings is 1. The van der Waals surface area contributed by atoms with Gasteiger partial charge in [-0.2, -0.15) is 0 Å². The molecule has 4 nitrogen and oxygen atoms in total. The maximum atomic E-state index is 13.1. The largest absolute Gasteiger partial charge is 0.382 e. The average molecular weight is 296 g/mol. The Balaban J connectivity index is 2.35. The molecule has 1 aromatic rings. The summed E-state index contributed by atoms with van der Waals surface area (Å²) in [6.07, 6.45) is 0.805. The summed E-state index contributed by atoms with van der Waals surface area (Å²) in [4.78, 5) is 13.9. The Morgan fingerprint density at radius 3 is 2.90 bits per heavy atom. The van der Waals surface area contributed by atoms with Crippen molar-refractivity contribution < 1.29 is 13.9 Å². The first kappa shape index (κ1) is 17.6. The van der Waals surface area contributed by atoms with Crippen molar-refractivity contribution in [1.82, 2.24) is 10.2 Å². The molecule has 0 heterocycles. The van der Waals surface area contributed by atoms with E-state index in [4.69, 9.17) is 4.74 Å². The molecule has 1 N–H and O–H groups in total. The second-order valence-corrected chi connectivity index (χ2v) is 5.06. The average Bonchev–Trinajstić information content (AvgIpc) is 2.46. The predicted molar refractivity (Wildman–Crippen MR) is 81.4 cm³/mol. The molecule has 1 aromatic carbocycles. The van der Waals surface area contributed by atoms with Gasteiger partial charge in [-0.15, -0.1) is 0 Å². The smallest absolute Gasteiger partial charge is 0.237 e. The van der Waals surface area contributed by atoms with Crippen LogP contribution in [0, 0.1) is 5.82 Å². The lowest BCUT2D eigenvalue weighted by Crippen LogP contribution is -2.43. The Labute approximate surface area is 126 Å². The molecule has 0 saturated heterocycles. The van der Waals surface area contributed by atoms with E-state index >= 15 is 0 Å². The normalized spacial score (nSPS) is 12.4. The number of rotatable bonds is 9. The summed E-state index contributed by atoms with van der Waals surface area (Å²) in [6, 6.07) is 6.17. The standard InChI is InChI=1S/C16H25FN2O2/c1-4-21-10-6-9-18-16(20)13(2)19(3)12-14-7-5-8-15(17)11-14/h5,7-8,11,13H,4,6,9-10,12H2,1-3H3,(H,18,20). The maximum absolute atomic E-state index is 13.1. The van der Waals surface area contributed by atoms with Crippen LogP contribution < -0.4 is 5.32 Å². The number of amides is 1. The molecule has 0 fully saturated rings. The van der Waals surface area contributed by atoms with Crippen LogP contribution in [0.3, 0.4) is 0 Å². The van der Waals surface area contributed by atoms with Crippen molar-refractivity contribution in [3.63, 3.8) is 0 Å². The molecule has 0 saturated carbocycles. The molecule has 1 atom stereocenters. The van der Waals surface area contributed by atoms with E-state index in [2.05, 4.69) is 5.32 Å². The van der Waals surface area contributed by atoms with Crippen molar-refractivity contribution in [2.24, 2.45) is 0 Å². The number of carbonyl (C=O) groups is 1. The molecule has 0 aromatic heterocycles. The zero-order valence-electron chi connectivity index (χ0n) is 13.1. The molecular weight excluding hydrogens is 271 g/mol. The van der Waals surface area contributed by atoms with Crippen molar-refractivity contribution in [2.75, 3.05) is 26.8 Å². The summed E-state index contributed by atoms with van der Waals surface area (Å²) in [5.41, 5.74) is 0.855. The first-order valence-electron chi connectivity index (χ1n) is 7.34. The second kappa shape index (κ2) is 9.47. The van der Waals surface area contributed by atoms with Crippen LogP contribution in [-0.2, 0) is 16.1 Å². The number of nitrogens with zero attached hydrogens (tertiary/aromatic N) is 1. The lowest BCUT2D eigenvalue weighted by Gasteiger charge is -2.24. The fourth-order valence-corrected chi connectivity index (χ4v) is 1.94. The van der Waals surface area contributed by atoms with Gasteiger partial charge in [0, 0.05) is 26.3 Å². The molecule has 0 radical (unpaired) electrons. The highest BCUT2D eigenvalue weighted by Gasteiger charge is 2.17. The number of nitrogens with one attached hydrogen (secondary N) is 1. The number of hydrogen-bond donors (Lipinski definition) is 1. The summed E-state index contributed by atoms with van der Waals surface area (Å²) >= 11 is 0. The molecule has 1 rings (SSSR count). The maximum Gasteiger partial charge on any atom is 0.237 e. The Morgan fingerprint density at radius 2 is 2.24 bits per heavy atom. The predicted octanol–water partition coefficient (Wildman–Crippen LogP) is 2.19. The first-order valence-corrected chi connectivity index (χ1v) is 7.34. The monoisotopic (exact) mass is 296 g/mol. The Bertz CT molecular complexity index is 440. The Hall–Kier alpha value is -1.46. The van der Waals surface area contributed by atoms with Gasteiger partial charge in [-0.1, -0.05) is 12.1 Å². The van der Waals surface area contributed by atoms with E-state index in [0.717, 1.165) is 12.0 Å². The molecular formula is C16H25FN2O2. The number of ether oxygens (including phenoxy) is 1. The Kier molecular flexibility index (Phi) is 7.93. The fourth-order valence-electron chi connectivity index (χ4n) is 1.94. The van der Waals surface area contributed by atoms with Gasteiger partial charge in [0.2, 0.25) is 5.91 Å². The number of hydrogen-bond acceptors (Lipinski definition) is 3. The van der Waals surface area contributed by atoms with Crippen LogP contribution in [0.15, 0.2) is 24.3 Å². The molecule has 118 valence electrons. The minimum Gasteiger partial charge on any atom is -0.382 e. The summed E-state index contributed by atoms with van der Waals surface area (Å²) < 4.78 is 18.4. The van der Waals surface area contributed by atoms with E-state index in [1.807, 2.05) is 31.9 Å². The minimum absolute atomic E-state index is 0.0228. The van der Waals surface area contributed by atoms with E-state index in [-0.39, 0.29) is 17.8 Å². The van der Waals surface area contributed by atoms with E-state index in [0.29, 0.717) is 26.3 Å².